The molecule has 2 fully saturated rings. The summed E-state index contributed by atoms with van der Waals surface area (Å²) in [5.74, 6) is 4.58. The molecular weight excluding hydrogens is 445 g/mol. The molecule has 1 N–H and O–H groups in total. The predicted octanol–water partition coefficient (Wildman–Crippen LogP) is 4.01. The zero-order valence-electron chi connectivity index (χ0n) is 19.9. The van der Waals surface area contributed by atoms with Crippen molar-refractivity contribution in [3.8, 4) is 11.8 Å². The number of nitrogens with zero attached hydrogens (tertiary/aromatic N) is 2. The lowest BCUT2D eigenvalue weighted by Gasteiger charge is -2.41. The normalized spacial score (nSPS) is 20.4. The molecule has 1 atom stereocenters. The molecule has 4 amide bonds. The van der Waals surface area contributed by atoms with E-state index < -0.39 is 17.4 Å². The van der Waals surface area contributed by atoms with Crippen LogP contribution >= 0.6 is 0 Å². The number of piperidine rings is 1. The molecule has 0 aromatic heterocycles. The van der Waals surface area contributed by atoms with Crippen LogP contribution in [0.25, 0.3) is 0 Å². The van der Waals surface area contributed by atoms with Gasteiger partial charge in [-0.15, -0.1) is 5.92 Å². The highest BCUT2D eigenvalue weighted by molar-refractivity contribution is 6.07. The van der Waals surface area contributed by atoms with Gasteiger partial charge in [0.25, 0.3) is 11.8 Å². The number of hydrogen-bond acceptors (Lipinski definition) is 3. The van der Waals surface area contributed by atoms with Crippen molar-refractivity contribution in [1.29, 1.82) is 0 Å². The Hall–Kier alpha value is -3.66. The molecule has 2 aromatic rings. The van der Waals surface area contributed by atoms with E-state index in [-0.39, 0.29) is 24.3 Å². The quantitative estimate of drug-likeness (QED) is 0.486. The molecule has 182 valence electrons. The number of imide groups is 1. The first-order valence-electron chi connectivity index (χ1n) is 12.1. The first-order chi connectivity index (χ1) is 16.9. The second-order valence-corrected chi connectivity index (χ2v) is 9.14. The Morgan fingerprint density at radius 3 is 2.54 bits per heavy atom. The second-order valence-electron chi connectivity index (χ2n) is 9.14. The summed E-state index contributed by atoms with van der Waals surface area (Å²) in [5.41, 5.74) is 0.495. The minimum Gasteiger partial charge on any atom is -0.339 e. The van der Waals surface area contributed by atoms with Gasteiger partial charge >= 0.3 is 6.03 Å². The van der Waals surface area contributed by atoms with E-state index in [4.69, 9.17) is 0 Å². The average Bonchev–Trinajstić information content (AvgIpc) is 3.12. The lowest BCUT2D eigenvalue weighted by molar-refractivity contribution is -0.133. The molecule has 0 radical (unpaired) electrons. The lowest BCUT2D eigenvalue weighted by atomic mass is 9.74. The number of urea groups is 1. The molecule has 7 heteroatoms. The van der Waals surface area contributed by atoms with Crippen LogP contribution in [-0.2, 0) is 11.2 Å². The molecule has 1 unspecified atom stereocenters. The van der Waals surface area contributed by atoms with E-state index in [9.17, 15) is 18.8 Å². The molecule has 0 spiro atoms. The van der Waals surface area contributed by atoms with Crippen LogP contribution in [-0.4, -0.2) is 52.8 Å². The van der Waals surface area contributed by atoms with Crippen LogP contribution in [0, 0.1) is 23.6 Å². The number of likely N-dealkylation sites (tertiary alicyclic amines) is 1. The highest BCUT2D eigenvalue weighted by atomic mass is 19.1. The Morgan fingerprint density at radius 2 is 1.86 bits per heavy atom. The Bertz CT molecular complexity index is 1150. The van der Waals surface area contributed by atoms with Gasteiger partial charge in [-0.05, 0) is 68.7 Å². The second kappa shape index (κ2) is 10.7. The van der Waals surface area contributed by atoms with E-state index in [0.29, 0.717) is 37.9 Å². The summed E-state index contributed by atoms with van der Waals surface area (Å²) in [5, 5.41) is 3.03. The summed E-state index contributed by atoms with van der Waals surface area (Å²) in [7, 11) is 0. The molecule has 0 saturated carbocycles. The van der Waals surface area contributed by atoms with Crippen LogP contribution in [0.4, 0.5) is 9.18 Å². The molecular formula is C28H30FN3O3. The van der Waals surface area contributed by atoms with Gasteiger partial charge in [0, 0.05) is 18.7 Å². The van der Waals surface area contributed by atoms with Crippen LogP contribution in [0.1, 0.15) is 48.5 Å². The molecule has 2 heterocycles. The Kier molecular flexibility index (Phi) is 7.50. The number of hydrogen-bond donors (Lipinski definition) is 1. The van der Waals surface area contributed by atoms with Crippen LogP contribution < -0.4 is 5.32 Å². The maximum atomic E-state index is 13.6. The third-order valence-corrected chi connectivity index (χ3v) is 7.05. The highest BCUT2D eigenvalue weighted by Gasteiger charge is 2.55. The highest BCUT2D eigenvalue weighted by Crippen LogP contribution is 2.37. The summed E-state index contributed by atoms with van der Waals surface area (Å²) in [6.07, 6.45) is 3.21. The van der Waals surface area contributed by atoms with Gasteiger partial charge in [-0.25, -0.2) is 9.18 Å². The number of rotatable bonds is 7. The number of aryl methyl sites for hydroxylation is 1. The number of nitrogens with one attached hydrogen (secondary N) is 1. The zero-order chi connectivity index (χ0) is 24.8. The molecule has 6 nitrogen and oxygen atoms in total. The maximum Gasteiger partial charge on any atom is 0.325 e. The van der Waals surface area contributed by atoms with Gasteiger partial charge in [0.05, 0.1) is 6.54 Å². The number of carbonyl (C=O) groups excluding carboxylic acids is 3. The van der Waals surface area contributed by atoms with Gasteiger partial charge in [0.1, 0.15) is 11.4 Å². The van der Waals surface area contributed by atoms with Crippen molar-refractivity contribution in [3.63, 3.8) is 0 Å². The van der Waals surface area contributed by atoms with Crippen LogP contribution in [0.15, 0.2) is 54.6 Å². The van der Waals surface area contributed by atoms with E-state index in [0.717, 1.165) is 12.8 Å². The maximum absolute atomic E-state index is 13.6. The van der Waals surface area contributed by atoms with Crippen LogP contribution in [0.3, 0.4) is 0 Å². The topological polar surface area (TPSA) is 69.7 Å². The smallest absolute Gasteiger partial charge is 0.325 e. The number of halogens is 1. The van der Waals surface area contributed by atoms with Gasteiger partial charge in [0.2, 0.25) is 0 Å². The first kappa shape index (κ1) is 24.5. The van der Waals surface area contributed by atoms with Crippen molar-refractivity contribution in [2.45, 2.75) is 44.6 Å². The SMILES string of the molecule is CC#CCN1C(=O)NC(CCCc2ccccc2)(C2CCN(C(=O)c3cccc(F)c3)CC2)C1=O. The van der Waals surface area contributed by atoms with Crippen molar-refractivity contribution in [2.75, 3.05) is 19.6 Å². The summed E-state index contributed by atoms with van der Waals surface area (Å²) >= 11 is 0. The molecule has 2 aliphatic rings. The van der Waals surface area contributed by atoms with Gasteiger partial charge < -0.3 is 10.2 Å². The van der Waals surface area contributed by atoms with E-state index in [1.807, 2.05) is 18.2 Å². The van der Waals surface area contributed by atoms with Gasteiger partial charge in [-0.2, -0.15) is 0 Å². The number of benzene rings is 2. The Labute approximate surface area is 205 Å². The molecule has 0 aliphatic carbocycles. The van der Waals surface area contributed by atoms with E-state index >= 15 is 0 Å². The molecule has 2 saturated heterocycles. The van der Waals surface area contributed by atoms with Crippen molar-refractivity contribution >= 4 is 17.8 Å². The van der Waals surface area contributed by atoms with E-state index in [2.05, 4.69) is 29.3 Å². The third-order valence-electron chi connectivity index (χ3n) is 7.05. The zero-order valence-corrected chi connectivity index (χ0v) is 19.9. The molecule has 35 heavy (non-hydrogen) atoms. The minimum atomic E-state index is -1.00. The molecule has 4 rings (SSSR count). The van der Waals surface area contributed by atoms with E-state index in [1.165, 1.54) is 28.7 Å². The first-order valence-corrected chi connectivity index (χ1v) is 12.1. The minimum absolute atomic E-state index is 0.0680. The van der Waals surface area contributed by atoms with Gasteiger partial charge in [0.15, 0.2) is 0 Å². The van der Waals surface area contributed by atoms with Gasteiger partial charge in [-0.1, -0.05) is 42.3 Å². The monoisotopic (exact) mass is 475 g/mol. The molecule has 0 bridgehead atoms. The molecule has 2 aromatic carbocycles. The largest absolute Gasteiger partial charge is 0.339 e. The molecule has 2 aliphatic heterocycles. The fourth-order valence-corrected chi connectivity index (χ4v) is 5.19. The summed E-state index contributed by atoms with van der Waals surface area (Å²) < 4.78 is 13.6. The lowest BCUT2D eigenvalue weighted by Crippen LogP contribution is -2.56. The van der Waals surface area contributed by atoms with Crippen molar-refractivity contribution in [1.82, 2.24) is 15.1 Å². The summed E-state index contributed by atoms with van der Waals surface area (Å²) in [4.78, 5) is 42.2. The van der Waals surface area contributed by atoms with Crippen molar-refractivity contribution in [3.05, 3.63) is 71.5 Å². The summed E-state index contributed by atoms with van der Waals surface area (Å²) in [6.45, 7) is 2.63. The van der Waals surface area contributed by atoms with E-state index in [1.54, 1.807) is 17.9 Å². The Balaban J connectivity index is 1.49. The standard InChI is InChI=1S/C28H30FN3O3/c1-2-3-17-32-26(34)28(30-27(32)35,16-8-11-21-9-5-4-6-10-21)23-14-18-31(19-15-23)25(33)22-12-7-13-24(29)20-22/h4-7,9-10,12-13,20,23H,8,11,14-19H2,1H3,(H,30,35). The van der Waals surface area contributed by atoms with Crippen molar-refractivity contribution in [2.24, 2.45) is 5.92 Å². The van der Waals surface area contributed by atoms with Gasteiger partial charge in [-0.3, -0.25) is 14.5 Å². The van der Waals surface area contributed by atoms with Crippen molar-refractivity contribution < 1.29 is 18.8 Å². The average molecular weight is 476 g/mol. The number of amides is 4. The van der Waals surface area contributed by atoms with Crippen LogP contribution in [0.2, 0.25) is 0 Å². The van der Waals surface area contributed by atoms with Crippen LogP contribution in [0.5, 0.6) is 0 Å². The summed E-state index contributed by atoms with van der Waals surface area (Å²) in [6, 6.07) is 15.3. The third kappa shape index (κ3) is 5.22. The predicted molar refractivity (Wildman–Crippen MR) is 131 cm³/mol. The fraction of sp³-hybridized carbons (Fsp3) is 0.393. The Morgan fingerprint density at radius 1 is 1.11 bits per heavy atom. The number of carbonyl (C=O) groups is 3. The fourth-order valence-electron chi connectivity index (χ4n) is 5.19.